The number of nitrogens with zero attached hydrogens (tertiary/aromatic N) is 2. The Balaban J connectivity index is 1.77. The number of nitrogens with one attached hydrogen (secondary N) is 1. The number of nitro benzene ring substituents is 1. The number of thiazole rings is 1. The third kappa shape index (κ3) is 2.97. The standard InChI is InChI=1S/C14H14N4O3S/c15-9-4-5-11-12(7-9)22-14(16-11)17-13(19)8-2-1-3-10(6-8)18(20)21/h1-3,6,9H,4-5,7,15H2,(H,16,17,19)/t9-/m0/s1. The summed E-state index contributed by atoms with van der Waals surface area (Å²) < 4.78 is 0. The number of fused-ring (bicyclic) bond motifs is 1. The van der Waals surface area contributed by atoms with Crippen LogP contribution in [-0.2, 0) is 12.8 Å². The van der Waals surface area contributed by atoms with Gasteiger partial charge in [-0.05, 0) is 25.3 Å². The van der Waals surface area contributed by atoms with E-state index in [0.29, 0.717) is 5.13 Å². The first-order valence-corrected chi connectivity index (χ1v) is 7.64. The Hall–Kier alpha value is -2.32. The molecule has 0 saturated carbocycles. The Morgan fingerprint density at radius 3 is 3.09 bits per heavy atom. The van der Waals surface area contributed by atoms with E-state index in [9.17, 15) is 14.9 Å². The molecule has 0 spiro atoms. The Kier molecular flexibility index (Phi) is 3.86. The molecule has 1 aliphatic rings. The molecular weight excluding hydrogens is 304 g/mol. The minimum atomic E-state index is -0.528. The van der Waals surface area contributed by atoms with Gasteiger partial charge >= 0.3 is 0 Å². The molecule has 1 atom stereocenters. The van der Waals surface area contributed by atoms with Crippen LogP contribution in [-0.4, -0.2) is 21.9 Å². The molecule has 114 valence electrons. The van der Waals surface area contributed by atoms with E-state index in [-0.39, 0.29) is 17.3 Å². The number of nitro groups is 1. The second-order valence-corrected chi connectivity index (χ2v) is 6.24. The Morgan fingerprint density at radius 2 is 2.32 bits per heavy atom. The Labute approximate surface area is 130 Å². The van der Waals surface area contributed by atoms with E-state index >= 15 is 0 Å². The SMILES string of the molecule is N[C@H]1CCc2nc(NC(=O)c3cccc([N+](=O)[O-])c3)sc2C1. The fourth-order valence-corrected chi connectivity index (χ4v) is 3.48. The van der Waals surface area contributed by atoms with Crippen molar-refractivity contribution in [2.24, 2.45) is 5.73 Å². The van der Waals surface area contributed by atoms with Gasteiger partial charge in [-0.2, -0.15) is 0 Å². The molecule has 0 unspecified atom stereocenters. The number of benzene rings is 1. The topological polar surface area (TPSA) is 111 Å². The van der Waals surface area contributed by atoms with Crippen LogP contribution in [0.5, 0.6) is 0 Å². The molecule has 0 fully saturated rings. The lowest BCUT2D eigenvalue weighted by Crippen LogP contribution is -2.27. The maximum absolute atomic E-state index is 12.2. The van der Waals surface area contributed by atoms with E-state index < -0.39 is 10.8 Å². The third-order valence-electron chi connectivity index (χ3n) is 3.52. The normalized spacial score (nSPS) is 16.9. The van der Waals surface area contributed by atoms with Crippen LogP contribution in [0.2, 0.25) is 0 Å². The van der Waals surface area contributed by atoms with Gasteiger partial charge in [-0.1, -0.05) is 6.07 Å². The summed E-state index contributed by atoms with van der Waals surface area (Å²) in [5.41, 5.74) is 7.03. The number of hydrogen-bond donors (Lipinski definition) is 2. The first-order chi connectivity index (χ1) is 10.5. The average Bonchev–Trinajstić information content (AvgIpc) is 2.88. The van der Waals surface area contributed by atoms with Crippen LogP contribution in [0.15, 0.2) is 24.3 Å². The molecule has 22 heavy (non-hydrogen) atoms. The predicted molar refractivity (Wildman–Crippen MR) is 83.2 cm³/mol. The van der Waals surface area contributed by atoms with Crippen molar-refractivity contribution in [1.82, 2.24) is 4.98 Å². The zero-order valence-corrected chi connectivity index (χ0v) is 12.4. The first kappa shape index (κ1) is 14.6. The maximum Gasteiger partial charge on any atom is 0.270 e. The van der Waals surface area contributed by atoms with Crippen LogP contribution in [0.25, 0.3) is 0 Å². The molecule has 0 aliphatic heterocycles. The number of carbonyl (C=O) groups is 1. The monoisotopic (exact) mass is 318 g/mol. The predicted octanol–water partition coefficient (Wildman–Crippen LogP) is 2.12. The Bertz CT molecular complexity index is 743. The molecular formula is C14H14N4O3S. The lowest BCUT2D eigenvalue weighted by atomic mass is 9.99. The largest absolute Gasteiger partial charge is 0.327 e. The van der Waals surface area contributed by atoms with Crippen molar-refractivity contribution < 1.29 is 9.72 Å². The number of aromatic nitrogens is 1. The number of nitrogens with two attached hydrogens (primary N) is 1. The van der Waals surface area contributed by atoms with Crippen LogP contribution in [0.3, 0.4) is 0 Å². The zero-order chi connectivity index (χ0) is 15.7. The molecule has 1 aromatic carbocycles. The lowest BCUT2D eigenvalue weighted by Gasteiger charge is -2.15. The van der Waals surface area contributed by atoms with Gasteiger partial charge in [0.25, 0.3) is 11.6 Å². The smallest absolute Gasteiger partial charge is 0.270 e. The number of amides is 1. The second-order valence-electron chi connectivity index (χ2n) is 5.15. The minimum absolute atomic E-state index is 0.114. The highest BCUT2D eigenvalue weighted by Gasteiger charge is 2.21. The van der Waals surface area contributed by atoms with E-state index in [1.54, 1.807) is 0 Å². The van der Waals surface area contributed by atoms with Crippen molar-refractivity contribution in [3.8, 4) is 0 Å². The summed E-state index contributed by atoms with van der Waals surface area (Å²) in [5.74, 6) is -0.404. The van der Waals surface area contributed by atoms with Gasteiger partial charge in [0.1, 0.15) is 0 Å². The minimum Gasteiger partial charge on any atom is -0.327 e. The quantitative estimate of drug-likeness (QED) is 0.665. The number of anilines is 1. The number of hydrogen-bond acceptors (Lipinski definition) is 6. The van der Waals surface area contributed by atoms with E-state index in [1.807, 2.05) is 0 Å². The highest BCUT2D eigenvalue weighted by molar-refractivity contribution is 7.15. The van der Waals surface area contributed by atoms with Gasteiger partial charge in [-0.25, -0.2) is 4.98 Å². The van der Waals surface area contributed by atoms with Gasteiger partial charge in [0.05, 0.1) is 10.6 Å². The van der Waals surface area contributed by atoms with Gasteiger partial charge in [-0.15, -0.1) is 11.3 Å². The number of rotatable bonds is 3. The van der Waals surface area contributed by atoms with Crippen molar-refractivity contribution in [1.29, 1.82) is 0 Å². The molecule has 1 heterocycles. The molecule has 0 bridgehead atoms. The summed E-state index contributed by atoms with van der Waals surface area (Å²) in [5, 5.41) is 14.0. The molecule has 7 nitrogen and oxygen atoms in total. The summed E-state index contributed by atoms with van der Waals surface area (Å²) in [4.78, 5) is 27.9. The molecule has 2 aromatic rings. The summed E-state index contributed by atoms with van der Waals surface area (Å²) in [6.07, 6.45) is 2.49. The van der Waals surface area contributed by atoms with Gasteiger partial charge in [0.2, 0.25) is 0 Å². The van der Waals surface area contributed by atoms with Crippen LogP contribution >= 0.6 is 11.3 Å². The third-order valence-corrected chi connectivity index (χ3v) is 4.55. The molecule has 0 radical (unpaired) electrons. The van der Waals surface area contributed by atoms with E-state index in [4.69, 9.17) is 5.73 Å². The summed E-state index contributed by atoms with van der Waals surface area (Å²) in [7, 11) is 0. The number of carbonyl (C=O) groups excluding carboxylic acids is 1. The first-order valence-electron chi connectivity index (χ1n) is 6.83. The van der Waals surface area contributed by atoms with Gasteiger partial charge in [-0.3, -0.25) is 20.2 Å². The van der Waals surface area contributed by atoms with Crippen molar-refractivity contribution in [2.45, 2.75) is 25.3 Å². The maximum atomic E-state index is 12.2. The van der Waals surface area contributed by atoms with Crippen LogP contribution < -0.4 is 11.1 Å². The summed E-state index contributed by atoms with van der Waals surface area (Å²) in [6.45, 7) is 0. The fraction of sp³-hybridized carbons (Fsp3) is 0.286. The van der Waals surface area contributed by atoms with E-state index in [2.05, 4.69) is 10.3 Å². The zero-order valence-electron chi connectivity index (χ0n) is 11.6. The van der Waals surface area contributed by atoms with Crippen LogP contribution in [0, 0.1) is 10.1 Å². The fourth-order valence-electron chi connectivity index (χ4n) is 2.38. The van der Waals surface area contributed by atoms with E-state index in [0.717, 1.165) is 29.8 Å². The number of aryl methyl sites for hydroxylation is 1. The second kappa shape index (κ2) is 5.82. The molecule has 1 aliphatic carbocycles. The summed E-state index contributed by atoms with van der Waals surface area (Å²) >= 11 is 1.42. The van der Waals surface area contributed by atoms with Gasteiger partial charge in [0, 0.05) is 28.6 Å². The molecule has 3 N–H and O–H groups in total. The lowest BCUT2D eigenvalue weighted by molar-refractivity contribution is -0.384. The molecule has 3 rings (SSSR count). The van der Waals surface area contributed by atoms with E-state index in [1.165, 1.54) is 35.6 Å². The van der Waals surface area contributed by atoms with Gasteiger partial charge in [0.15, 0.2) is 5.13 Å². The highest BCUT2D eigenvalue weighted by Crippen LogP contribution is 2.29. The Morgan fingerprint density at radius 1 is 1.50 bits per heavy atom. The number of non-ortho nitro benzene ring substituents is 1. The van der Waals surface area contributed by atoms with Crippen molar-refractivity contribution in [3.05, 3.63) is 50.5 Å². The van der Waals surface area contributed by atoms with Gasteiger partial charge < -0.3 is 5.73 Å². The highest BCUT2D eigenvalue weighted by atomic mass is 32.1. The van der Waals surface area contributed by atoms with Crippen molar-refractivity contribution in [2.75, 3.05) is 5.32 Å². The van der Waals surface area contributed by atoms with Crippen molar-refractivity contribution >= 4 is 28.1 Å². The molecule has 1 amide bonds. The molecule has 0 saturated heterocycles. The average molecular weight is 318 g/mol. The van der Waals surface area contributed by atoms with Crippen LogP contribution in [0.1, 0.15) is 27.3 Å². The van der Waals surface area contributed by atoms with Crippen molar-refractivity contribution in [3.63, 3.8) is 0 Å². The summed E-state index contributed by atoms with van der Waals surface area (Å²) in [6, 6.07) is 5.76. The molecule has 1 aromatic heterocycles. The molecule has 8 heteroatoms. The van der Waals surface area contributed by atoms with Crippen LogP contribution in [0.4, 0.5) is 10.8 Å².